The van der Waals surface area contributed by atoms with Crippen molar-refractivity contribution in [3.8, 4) is 5.75 Å². The lowest BCUT2D eigenvalue weighted by molar-refractivity contribution is -0.192. The highest BCUT2D eigenvalue weighted by atomic mass is 32.1. The number of alkyl halides is 3. The molecule has 0 radical (unpaired) electrons. The van der Waals surface area contributed by atoms with Gasteiger partial charge in [-0.25, -0.2) is 4.79 Å². The van der Waals surface area contributed by atoms with Gasteiger partial charge in [0.25, 0.3) is 11.5 Å². The van der Waals surface area contributed by atoms with E-state index in [2.05, 4.69) is 11.9 Å². The van der Waals surface area contributed by atoms with Gasteiger partial charge in [-0.15, -0.1) is 11.3 Å². The van der Waals surface area contributed by atoms with Crippen LogP contribution in [0.2, 0.25) is 0 Å². The molecule has 1 aliphatic heterocycles. The van der Waals surface area contributed by atoms with Crippen LogP contribution in [0.4, 0.5) is 13.2 Å². The maximum atomic E-state index is 13.6. The number of aryl methyl sites for hydroxylation is 1. The van der Waals surface area contributed by atoms with E-state index in [1.54, 1.807) is 11.6 Å². The predicted octanol–water partition coefficient (Wildman–Crippen LogP) is 4.35. The van der Waals surface area contributed by atoms with E-state index in [1.165, 1.54) is 11.3 Å². The lowest BCUT2D eigenvalue weighted by Crippen LogP contribution is -2.47. The number of amides is 1. The van der Waals surface area contributed by atoms with Crippen molar-refractivity contribution in [2.24, 2.45) is 7.05 Å². The molecule has 2 aromatic carbocycles. The standard InChI is InChI=1S/C25H25N3O3S.C2HF3O2/c1-26-12-14-28(15-13-26)25(30)23-21(31-16-17-8-4-3-5-9-17)20-22(32-23)18-10-6-7-11-19(18)27(2)24(20)29;3-2(4,5)1(6)7/h3-11H,12-16H2,1-2H3;(H,6,7). The van der Waals surface area contributed by atoms with E-state index in [4.69, 9.17) is 14.6 Å². The topological polar surface area (TPSA) is 92.1 Å². The Balaban J connectivity index is 0.000000448. The van der Waals surface area contributed by atoms with E-state index >= 15 is 0 Å². The van der Waals surface area contributed by atoms with Crippen LogP contribution in [0.3, 0.4) is 0 Å². The lowest BCUT2D eigenvalue weighted by atomic mass is 10.1. The largest absolute Gasteiger partial charge is 0.490 e. The molecule has 1 aliphatic rings. The fraction of sp³-hybridized carbons (Fsp3) is 0.296. The number of aromatic nitrogens is 1. The average Bonchev–Trinajstić information content (AvgIpc) is 3.31. The minimum Gasteiger partial charge on any atom is -0.486 e. The number of likely N-dealkylation sites (N-methyl/N-ethyl adjacent to an activating group) is 1. The first kappa shape index (κ1) is 28.1. The Morgan fingerprint density at radius 3 is 2.18 bits per heavy atom. The number of carbonyl (C=O) groups is 2. The first-order valence-corrected chi connectivity index (χ1v) is 12.8. The molecule has 39 heavy (non-hydrogen) atoms. The summed E-state index contributed by atoms with van der Waals surface area (Å²) in [5.41, 5.74) is 1.69. The number of aliphatic carboxylic acids is 1. The van der Waals surface area contributed by atoms with Gasteiger partial charge in [-0.05, 0) is 18.7 Å². The third kappa shape index (κ3) is 6.07. The van der Waals surface area contributed by atoms with Gasteiger partial charge in [-0.2, -0.15) is 13.2 Å². The van der Waals surface area contributed by atoms with Crippen LogP contribution >= 0.6 is 11.3 Å². The summed E-state index contributed by atoms with van der Waals surface area (Å²) < 4.78 is 40.4. The first-order valence-electron chi connectivity index (χ1n) is 12.0. The molecular weight excluding hydrogens is 535 g/mol. The van der Waals surface area contributed by atoms with Crippen molar-refractivity contribution in [3.63, 3.8) is 0 Å². The molecule has 1 fully saturated rings. The summed E-state index contributed by atoms with van der Waals surface area (Å²) in [6.45, 7) is 3.30. The number of halogens is 3. The fourth-order valence-corrected chi connectivity index (χ4v) is 5.44. The monoisotopic (exact) mass is 561 g/mol. The molecule has 0 unspecified atom stereocenters. The maximum Gasteiger partial charge on any atom is 0.490 e. The second-order valence-electron chi connectivity index (χ2n) is 9.02. The highest BCUT2D eigenvalue weighted by Crippen LogP contribution is 2.40. The van der Waals surface area contributed by atoms with E-state index in [1.807, 2.05) is 59.5 Å². The van der Waals surface area contributed by atoms with Crippen molar-refractivity contribution < 1.29 is 32.6 Å². The molecule has 0 aliphatic carbocycles. The number of hydrogen-bond donors (Lipinski definition) is 1. The number of carboxylic acid groups (broad SMARTS) is 1. The van der Waals surface area contributed by atoms with Gasteiger partial charge in [-0.1, -0.05) is 48.5 Å². The van der Waals surface area contributed by atoms with E-state index < -0.39 is 12.1 Å². The number of ether oxygens (including phenoxy) is 1. The summed E-state index contributed by atoms with van der Waals surface area (Å²) in [7, 11) is 3.83. The molecule has 206 valence electrons. The number of thiophene rings is 1. The molecule has 0 bridgehead atoms. The van der Waals surface area contributed by atoms with Crippen LogP contribution in [-0.2, 0) is 18.4 Å². The second kappa shape index (κ2) is 11.5. The zero-order valence-corrected chi connectivity index (χ0v) is 22.0. The Bertz CT molecular complexity index is 1560. The molecule has 5 rings (SSSR count). The number of hydrogen-bond acceptors (Lipinski definition) is 6. The third-order valence-corrected chi connectivity index (χ3v) is 7.54. The Morgan fingerprint density at radius 1 is 0.974 bits per heavy atom. The number of carboxylic acids is 1. The first-order chi connectivity index (χ1) is 18.5. The van der Waals surface area contributed by atoms with Crippen molar-refractivity contribution in [2.45, 2.75) is 12.8 Å². The zero-order chi connectivity index (χ0) is 28.3. The van der Waals surface area contributed by atoms with Gasteiger partial charge < -0.3 is 24.2 Å². The molecule has 4 aromatic rings. The van der Waals surface area contributed by atoms with Crippen molar-refractivity contribution >= 4 is 44.2 Å². The van der Waals surface area contributed by atoms with Gasteiger partial charge in [0.15, 0.2) is 5.75 Å². The normalized spacial score (nSPS) is 14.2. The van der Waals surface area contributed by atoms with Crippen molar-refractivity contribution in [2.75, 3.05) is 33.2 Å². The molecule has 3 heterocycles. The number of pyridine rings is 1. The van der Waals surface area contributed by atoms with E-state index in [9.17, 15) is 22.8 Å². The number of fused-ring (bicyclic) bond motifs is 3. The Labute approximate surface area is 225 Å². The SMILES string of the molecule is CN1CCN(C(=O)c2sc3c(c2OCc2ccccc2)c(=O)n(C)c2ccccc32)CC1.O=C(O)C(F)(F)F. The summed E-state index contributed by atoms with van der Waals surface area (Å²) in [6.07, 6.45) is -5.08. The van der Waals surface area contributed by atoms with Crippen LogP contribution in [-0.4, -0.2) is 70.8 Å². The van der Waals surface area contributed by atoms with Gasteiger partial charge in [0.1, 0.15) is 16.9 Å². The molecule has 8 nitrogen and oxygen atoms in total. The van der Waals surface area contributed by atoms with E-state index in [0.717, 1.165) is 34.3 Å². The van der Waals surface area contributed by atoms with Gasteiger partial charge in [0.2, 0.25) is 0 Å². The number of nitrogens with zero attached hydrogens (tertiary/aromatic N) is 3. The number of carbonyl (C=O) groups excluding carboxylic acids is 1. The van der Waals surface area contributed by atoms with Crippen LogP contribution in [0.1, 0.15) is 15.2 Å². The van der Waals surface area contributed by atoms with E-state index in [-0.39, 0.29) is 11.5 Å². The highest BCUT2D eigenvalue weighted by molar-refractivity contribution is 7.22. The van der Waals surface area contributed by atoms with Gasteiger partial charge in [0.05, 0.1) is 10.2 Å². The third-order valence-electron chi connectivity index (χ3n) is 6.35. The minimum atomic E-state index is -5.08. The lowest BCUT2D eigenvalue weighted by Gasteiger charge is -2.32. The van der Waals surface area contributed by atoms with Crippen LogP contribution in [0.5, 0.6) is 5.75 Å². The summed E-state index contributed by atoms with van der Waals surface area (Å²) in [5.74, 6) is -2.41. The smallest absolute Gasteiger partial charge is 0.486 e. The van der Waals surface area contributed by atoms with Gasteiger partial charge in [0, 0.05) is 38.6 Å². The molecule has 0 saturated carbocycles. The molecule has 1 N–H and O–H groups in total. The van der Waals surface area contributed by atoms with Crippen LogP contribution in [0, 0.1) is 0 Å². The number of rotatable bonds is 4. The number of para-hydroxylation sites is 1. The molecule has 0 atom stereocenters. The quantitative estimate of drug-likeness (QED) is 0.398. The molecule has 1 amide bonds. The van der Waals surface area contributed by atoms with Crippen molar-refractivity contribution in [1.82, 2.24) is 14.4 Å². The molecule has 0 spiro atoms. The predicted molar refractivity (Wildman–Crippen MR) is 142 cm³/mol. The van der Waals surface area contributed by atoms with Crippen molar-refractivity contribution in [3.05, 3.63) is 75.4 Å². The summed E-state index contributed by atoms with van der Waals surface area (Å²) in [5, 5.41) is 8.57. The molecule has 2 aromatic heterocycles. The maximum absolute atomic E-state index is 13.6. The Morgan fingerprint density at radius 2 is 1.56 bits per heavy atom. The van der Waals surface area contributed by atoms with Gasteiger partial charge >= 0.3 is 12.1 Å². The minimum absolute atomic E-state index is 0.0616. The highest BCUT2D eigenvalue weighted by Gasteiger charge is 2.38. The summed E-state index contributed by atoms with van der Waals surface area (Å²) in [4.78, 5) is 40.4. The second-order valence-corrected chi connectivity index (χ2v) is 10.0. The van der Waals surface area contributed by atoms with Crippen LogP contribution < -0.4 is 10.3 Å². The molecular formula is C27H26F3N3O5S. The Kier molecular flexibility index (Phi) is 8.26. The van der Waals surface area contributed by atoms with E-state index in [0.29, 0.717) is 35.7 Å². The molecule has 1 saturated heterocycles. The zero-order valence-electron chi connectivity index (χ0n) is 21.2. The molecule has 12 heteroatoms. The summed E-state index contributed by atoms with van der Waals surface area (Å²) in [6, 6.07) is 17.6. The van der Waals surface area contributed by atoms with Crippen LogP contribution in [0.15, 0.2) is 59.4 Å². The van der Waals surface area contributed by atoms with Crippen molar-refractivity contribution in [1.29, 1.82) is 0 Å². The average molecular weight is 562 g/mol. The fourth-order valence-electron chi connectivity index (χ4n) is 4.20. The Hall–Kier alpha value is -3.90. The summed E-state index contributed by atoms with van der Waals surface area (Å²) >= 11 is 1.37. The van der Waals surface area contributed by atoms with Crippen LogP contribution in [0.25, 0.3) is 21.0 Å². The number of benzene rings is 2. The van der Waals surface area contributed by atoms with Gasteiger partial charge in [-0.3, -0.25) is 9.59 Å². The number of piperazine rings is 1.